The van der Waals surface area contributed by atoms with E-state index >= 15 is 0 Å². The SMILES string of the molecule is C/C=S(\C)c1ccc(N(Cc2ccc(-c3nnc(C(F)(F)F)o3)cc2)C(=O)N2CCOCC2)cc1. The number of anilines is 1. The van der Waals surface area contributed by atoms with Gasteiger partial charge in [0, 0.05) is 29.2 Å². The Morgan fingerprint density at radius 1 is 1.09 bits per heavy atom. The summed E-state index contributed by atoms with van der Waals surface area (Å²) < 4.78 is 48.4. The Labute approximate surface area is 203 Å². The summed E-state index contributed by atoms with van der Waals surface area (Å²) in [6, 6.07) is 14.5. The monoisotopic (exact) mass is 506 g/mol. The van der Waals surface area contributed by atoms with Gasteiger partial charge in [0.1, 0.15) is 0 Å². The summed E-state index contributed by atoms with van der Waals surface area (Å²) in [5, 5.41) is 8.68. The van der Waals surface area contributed by atoms with Crippen LogP contribution in [0.4, 0.5) is 23.7 Å². The Bertz CT molecular complexity index is 1190. The highest BCUT2D eigenvalue weighted by molar-refractivity contribution is 8.14. The molecule has 0 aliphatic carbocycles. The first-order valence-corrected chi connectivity index (χ1v) is 12.6. The number of rotatable bonds is 5. The van der Waals surface area contributed by atoms with Crippen molar-refractivity contribution in [2.45, 2.75) is 24.5 Å². The van der Waals surface area contributed by atoms with E-state index in [4.69, 9.17) is 9.15 Å². The average molecular weight is 507 g/mol. The highest BCUT2D eigenvalue weighted by Crippen LogP contribution is 2.31. The van der Waals surface area contributed by atoms with Gasteiger partial charge in [0.05, 0.1) is 19.8 Å². The molecular weight excluding hydrogens is 481 g/mol. The summed E-state index contributed by atoms with van der Waals surface area (Å²) in [6.45, 7) is 4.30. The lowest BCUT2D eigenvalue weighted by molar-refractivity contribution is -0.156. The highest BCUT2D eigenvalue weighted by Gasteiger charge is 2.38. The van der Waals surface area contributed by atoms with Gasteiger partial charge < -0.3 is 14.1 Å². The number of urea groups is 1. The Kier molecular flexibility index (Phi) is 7.56. The molecule has 1 aromatic heterocycles. The maximum Gasteiger partial charge on any atom is 0.470 e. The zero-order chi connectivity index (χ0) is 25.0. The molecule has 11 heteroatoms. The van der Waals surface area contributed by atoms with E-state index in [0.29, 0.717) is 31.9 Å². The molecule has 1 unspecified atom stereocenters. The lowest BCUT2D eigenvalue weighted by atomic mass is 10.1. The van der Waals surface area contributed by atoms with Crippen molar-refractivity contribution in [2.24, 2.45) is 0 Å². The number of nitrogens with zero attached hydrogens (tertiary/aromatic N) is 4. The molecule has 3 aromatic rings. The van der Waals surface area contributed by atoms with E-state index in [9.17, 15) is 18.0 Å². The lowest BCUT2D eigenvalue weighted by Crippen LogP contribution is -2.48. The van der Waals surface area contributed by atoms with E-state index in [1.807, 2.05) is 31.2 Å². The molecule has 35 heavy (non-hydrogen) atoms. The molecule has 1 saturated heterocycles. The second-order valence-electron chi connectivity index (χ2n) is 7.86. The zero-order valence-electron chi connectivity index (χ0n) is 19.3. The summed E-state index contributed by atoms with van der Waals surface area (Å²) in [5.41, 5.74) is 1.92. The smallest absolute Gasteiger partial charge is 0.413 e. The summed E-state index contributed by atoms with van der Waals surface area (Å²) in [4.78, 5) is 18.0. The van der Waals surface area contributed by atoms with E-state index in [1.165, 1.54) is 4.90 Å². The fraction of sp³-hybridized carbons (Fsp3) is 0.333. The van der Waals surface area contributed by atoms with Gasteiger partial charge in [-0.15, -0.1) is 10.2 Å². The summed E-state index contributed by atoms with van der Waals surface area (Å²) >= 11 is 0. The van der Waals surface area contributed by atoms with E-state index in [1.54, 1.807) is 34.1 Å². The largest absolute Gasteiger partial charge is 0.470 e. The second-order valence-corrected chi connectivity index (χ2v) is 9.92. The molecule has 1 atom stereocenters. The van der Waals surface area contributed by atoms with Crippen molar-refractivity contribution in [3.05, 3.63) is 60.0 Å². The first-order valence-electron chi connectivity index (χ1n) is 10.9. The molecule has 1 aliphatic rings. The van der Waals surface area contributed by atoms with E-state index < -0.39 is 12.1 Å². The number of carbonyl (C=O) groups is 1. The van der Waals surface area contributed by atoms with Crippen LogP contribution in [-0.4, -0.2) is 59.1 Å². The number of ether oxygens (including phenoxy) is 1. The molecule has 0 N–H and O–H groups in total. The third-order valence-electron chi connectivity index (χ3n) is 5.60. The fourth-order valence-electron chi connectivity index (χ4n) is 3.56. The van der Waals surface area contributed by atoms with Gasteiger partial charge in [-0.1, -0.05) is 17.5 Å². The second kappa shape index (κ2) is 10.6. The van der Waals surface area contributed by atoms with Crippen molar-refractivity contribution >= 4 is 27.6 Å². The minimum absolute atomic E-state index is 0.0146. The molecular formula is C24H25F3N4O3S. The first kappa shape index (κ1) is 24.9. The maximum atomic E-state index is 13.4. The first-order chi connectivity index (χ1) is 16.8. The van der Waals surface area contributed by atoms with Gasteiger partial charge in [-0.3, -0.25) is 4.90 Å². The lowest BCUT2D eigenvalue weighted by Gasteiger charge is -2.33. The van der Waals surface area contributed by atoms with Gasteiger partial charge in [0.15, 0.2) is 0 Å². The van der Waals surface area contributed by atoms with Crippen LogP contribution in [0.2, 0.25) is 0 Å². The van der Waals surface area contributed by atoms with E-state index in [0.717, 1.165) is 11.3 Å². The van der Waals surface area contributed by atoms with E-state index in [2.05, 4.69) is 21.8 Å². The van der Waals surface area contributed by atoms with Crippen molar-refractivity contribution in [3.8, 4) is 11.5 Å². The molecule has 0 spiro atoms. The van der Waals surface area contributed by atoms with Crippen LogP contribution in [0.25, 0.3) is 11.5 Å². The zero-order valence-corrected chi connectivity index (χ0v) is 20.1. The van der Waals surface area contributed by atoms with Gasteiger partial charge in [0.25, 0.3) is 0 Å². The number of carbonyl (C=O) groups excluding carboxylic acids is 1. The molecule has 2 heterocycles. The highest BCUT2D eigenvalue weighted by atomic mass is 32.2. The van der Waals surface area contributed by atoms with Gasteiger partial charge in [-0.05, 0) is 55.1 Å². The predicted octanol–water partition coefficient (Wildman–Crippen LogP) is 5.29. The number of hydrogen-bond acceptors (Lipinski definition) is 5. The van der Waals surface area contributed by atoms with Gasteiger partial charge in [-0.2, -0.15) is 23.7 Å². The number of aromatic nitrogens is 2. The van der Waals surface area contributed by atoms with Crippen LogP contribution in [0, 0.1) is 0 Å². The topological polar surface area (TPSA) is 71.7 Å². The molecule has 0 radical (unpaired) electrons. The van der Waals surface area contributed by atoms with Crippen LogP contribution in [-0.2, 0) is 17.5 Å². The molecule has 2 amide bonds. The Morgan fingerprint density at radius 3 is 2.31 bits per heavy atom. The van der Waals surface area contributed by atoms with Crippen LogP contribution in [0.5, 0.6) is 0 Å². The van der Waals surface area contributed by atoms with Crippen LogP contribution in [0.3, 0.4) is 0 Å². The number of hydrogen-bond donors (Lipinski definition) is 0. The molecule has 0 bridgehead atoms. The number of amides is 2. The Hall–Kier alpha value is -3.18. The molecule has 2 aromatic carbocycles. The normalized spacial score (nSPS) is 15.3. The van der Waals surface area contributed by atoms with Crippen LogP contribution >= 0.6 is 10.5 Å². The van der Waals surface area contributed by atoms with Crippen molar-refractivity contribution < 1.29 is 27.1 Å². The third-order valence-corrected chi connectivity index (χ3v) is 7.32. The third kappa shape index (κ3) is 5.91. The van der Waals surface area contributed by atoms with Crippen molar-refractivity contribution in [1.29, 1.82) is 0 Å². The Balaban J connectivity index is 1.58. The van der Waals surface area contributed by atoms with Gasteiger partial charge >= 0.3 is 18.1 Å². The fourth-order valence-corrected chi connectivity index (χ4v) is 4.40. The summed E-state index contributed by atoms with van der Waals surface area (Å²) in [5.74, 6) is -1.61. The quantitative estimate of drug-likeness (QED) is 0.440. The van der Waals surface area contributed by atoms with Crippen molar-refractivity contribution in [3.63, 3.8) is 0 Å². The summed E-state index contributed by atoms with van der Waals surface area (Å²) in [7, 11) is 0.0146. The minimum atomic E-state index is -4.70. The number of halogens is 3. The number of alkyl halides is 3. The molecule has 1 aliphatic heterocycles. The predicted molar refractivity (Wildman–Crippen MR) is 129 cm³/mol. The van der Waals surface area contributed by atoms with Gasteiger partial charge in [-0.25, -0.2) is 4.79 Å². The average Bonchev–Trinajstić information content (AvgIpc) is 3.39. The molecule has 0 saturated carbocycles. The molecule has 4 rings (SSSR count). The van der Waals surface area contributed by atoms with Gasteiger partial charge in [0.2, 0.25) is 5.89 Å². The Morgan fingerprint density at radius 2 is 1.74 bits per heavy atom. The van der Waals surface area contributed by atoms with Crippen molar-refractivity contribution in [1.82, 2.24) is 15.1 Å². The molecule has 7 nitrogen and oxygen atoms in total. The standard InChI is InChI=1S/C24H25F3N4O3S/c1-3-35(2)20-10-8-19(9-11-20)31(23(32)30-12-14-33-15-13-30)16-17-4-6-18(7-5-17)21-28-29-22(34-21)24(25,26)27/h3-11H,12-16H2,1-2H3. The minimum Gasteiger partial charge on any atom is -0.413 e. The van der Waals surface area contributed by atoms with E-state index in [-0.39, 0.29) is 29.0 Å². The van der Waals surface area contributed by atoms with Crippen LogP contribution < -0.4 is 4.90 Å². The molecule has 1 fully saturated rings. The summed E-state index contributed by atoms with van der Waals surface area (Å²) in [6.07, 6.45) is -2.57. The number of morpholine rings is 1. The van der Waals surface area contributed by atoms with Crippen molar-refractivity contribution in [2.75, 3.05) is 37.5 Å². The maximum absolute atomic E-state index is 13.4. The van der Waals surface area contributed by atoms with Crippen LogP contribution in [0.15, 0.2) is 57.8 Å². The molecule has 186 valence electrons. The van der Waals surface area contributed by atoms with Crippen LogP contribution in [0.1, 0.15) is 18.4 Å². The number of benzene rings is 2.